The van der Waals surface area contributed by atoms with Crippen molar-refractivity contribution in [3.05, 3.63) is 12.2 Å². The SMILES string of the molecule is C1=CCC(CN2CC3CC2CN3)C1. The van der Waals surface area contributed by atoms with Crippen molar-refractivity contribution >= 4 is 0 Å². The van der Waals surface area contributed by atoms with Crippen LogP contribution in [0.15, 0.2) is 12.2 Å². The smallest absolute Gasteiger partial charge is 0.0236 e. The van der Waals surface area contributed by atoms with E-state index in [1.165, 1.54) is 38.9 Å². The lowest BCUT2D eigenvalue weighted by Crippen LogP contribution is -2.45. The van der Waals surface area contributed by atoms with Crippen molar-refractivity contribution in [3.8, 4) is 0 Å². The van der Waals surface area contributed by atoms with Gasteiger partial charge >= 0.3 is 0 Å². The normalized spacial score (nSPS) is 39.4. The molecule has 2 fully saturated rings. The molecule has 0 saturated carbocycles. The van der Waals surface area contributed by atoms with E-state index in [1.54, 1.807) is 0 Å². The van der Waals surface area contributed by atoms with Crippen molar-refractivity contribution in [2.75, 3.05) is 19.6 Å². The Balaban J connectivity index is 1.56. The summed E-state index contributed by atoms with van der Waals surface area (Å²) in [5.41, 5.74) is 0. The van der Waals surface area contributed by atoms with E-state index in [1.807, 2.05) is 0 Å². The Kier molecular flexibility index (Phi) is 1.91. The monoisotopic (exact) mass is 178 g/mol. The van der Waals surface area contributed by atoms with E-state index in [-0.39, 0.29) is 0 Å². The van der Waals surface area contributed by atoms with Gasteiger partial charge in [0.1, 0.15) is 0 Å². The standard InChI is InChI=1S/C11H18N2/c1-2-4-9(3-1)7-13-8-10-5-11(13)6-12-10/h1-2,9-12H,3-8H2. The number of hydrogen-bond donors (Lipinski definition) is 1. The number of nitrogens with zero attached hydrogens (tertiary/aromatic N) is 1. The number of allylic oxidation sites excluding steroid dienone is 2. The summed E-state index contributed by atoms with van der Waals surface area (Å²) >= 11 is 0. The van der Waals surface area contributed by atoms with Crippen LogP contribution in [0.25, 0.3) is 0 Å². The van der Waals surface area contributed by atoms with Crippen molar-refractivity contribution in [3.63, 3.8) is 0 Å². The first-order chi connectivity index (χ1) is 6.42. The van der Waals surface area contributed by atoms with E-state index >= 15 is 0 Å². The molecule has 0 radical (unpaired) electrons. The fourth-order valence-electron chi connectivity index (χ4n) is 3.03. The molecule has 1 aliphatic carbocycles. The minimum Gasteiger partial charge on any atom is -0.311 e. The summed E-state index contributed by atoms with van der Waals surface area (Å²) in [5.74, 6) is 0.930. The predicted molar refractivity (Wildman–Crippen MR) is 53.6 cm³/mol. The average molecular weight is 178 g/mol. The van der Waals surface area contributed by atoms with Gasteiger partial charge in [-0.15, -0.1) is 0 Å². The van der Waals surface area contributed by atoms with Gasteiger partial charge in [-0.2, -0.15) is 0 Å². The Labute approximate surface area is 80.0 Å². The molecule has 2 atom stereocenters. The molecule has 2 nitrogen and oxygen atoms in total. The van der Waals surface area contributed by atoms with E-state index in [9.17, 15) is 0 Å². The fraction of sp³-hybridized carbons (Fsp3) is 0.818. The molecule has 0 aromatic rings. The minimum absolute atomic E-state index is 0.819. The highest BCUT2D eigenvalue weighted by molar-refractivity contribution is 5.00. The van der Waals surface area contributed by atoms with Crippen LogP contribution in [0.1, 0.15) is 19.3 Å². The molecule has 72 valence electrons. The van der Waals surface area contributed by atoms with Crippen molar-refractivity contribution in [1.29, 1.82) is 0 Å². The number of piperazine rings is 1. The van der Waals surface area contributed by atoms with E-state index in [0.717, 1.165) is 18.0 Å². The Hall–Kier alpha value is -0.340. The lowest BCUT2D eigenvalue weighted by molar-refractivity contribution is 0.195. The number of fused-ring (bicyclic) bond motifs is 2. The number of hydrogen-bond acceptors (Lipinski definition) is 2. The molecule has 2 bridgehead atoms. The molecule has 2 saturated heterocycles. The van der Waals surface area contributed by atoms with E-state index in [0.29, 0.717) is 0 Å². The van der Waals surface area contributed by atoms with Gasteiger partial charge in [-0.25, -0.2) is 0 Å². The zero-order chi connectivity index (χ0) is 8.67. The Bertz CT molecular complexity index is 216. The summed E-state index contributed by atoms with van der Waals surface area (Å²) in [7, 11) is 0. The molecule has 0 aromatic carbocycles. The second kappa shape index (κ2) is 3.10. The summed E-state index contributed by atoms with van der Waals surface area (Å²) in [6.45, 7) is 3.89. The third-order valence-electron chi connectivity index (χ3n) is 3.77. The average Bonchev–Trinajstić information content (AvgIpc) is 2.77. The maximum atomic E-state index is 3.55. The molecule has 13 heavy (non-hydrogen) atoms. The van der Waals surface area contributed by atoms with Gasteiger partial charge in [-0.05, 0) is 25.2 Å². The quantitative estimate of drug-likeness (QED) is 0.635. The van der Waals surface area contributed by atoms with Gasteiger partial charge in [-0.1, -0.05) is 12.2 Å². The van der Waals surface area contributed by atoms with Crippen LogP contribution in [0.4, 0.5) is 0 Å². The lowest BCUT2D eigenvalue weighted by Gasteiger charge is -2.29. The molecule has 0 aromatic heterocycles. The van der Waals surface area contributed by atoms with Crippen LogP contribution < -0.4 is 5.32 Å². The summed E-state index contributed by atoms with van der Waals surface area (Å²) in [4.78, 5) is 2.71. The highest BCUT2D eigenvalue weighted by atomic mass is 15.3. The van der Waals surface area contributed by atoms with Crippen molar-refractivity contribution in [2.45, 2.75) is 31.3 Å². The molecule has 2 unspecified atom stereocenters. The number of likely N-dealkylation sites (tertiary alicyclic amines) is 1. The highest BCUT2D eigenvalue weighted by Gasteiger charge is 2.37. The first-order valence-corrected chi connectivity index (χ1v) is 5.54. The van der Waals surface area contributed by atoms with Gasteiger partial charge in [-0.3, -0.25) is 4.90 Å². The molecular weight excluding hydrogens is 160 g/mol. The molecule has 1 N–H and O–H groups in total. The van der Waals surface area contributed by atoms with E-state index in [2.05, 4.69) is 22.4 Å². The Morgan fingerprint density at radius 1 is 1.31 bits per heavy atom. The molecule has 2 heterocycles. The van der Waals surface area contributed by atoms with Crippen LogP contribution in [0.2, 0.25) is 0 Å². The fourth-order valence-corrected chi connectivity index (χ4v) is 3.03. The van der Waals surface area contributed by atoms with Crippen LogP contribution in [0, 0.1) is 5.92 Å². The first-order valence-electron chi connectivity index (χ1n) is 5.54. The van der Waals surface area contributed by atoms with Gasteiger partial charge < -0.3 is 5.32 Å². The second-order valence-electron chi connectivity index (χ2n) is 4.76. The third-order valence-corrected chi connectivity index (χ3v) is 3.77. The molecule has 0 spiro atoms. The highest BCUT2D eigenvalue weighted by Crippen LogP contribution is 2.27. The third kappa shape index (κ3) is 1.42. The summed E-state index contributed by atoms with van der Waals surface area (Å²) in [6.07, 6.45) is 8.73. The van der Waals surface area contributed by atoms with Gasteiger partial charge in [0.25, 0.3) is 0 Å². The molecular formula is C11H18N2. The Morgan fingerprint density at radius 2 is 2.15 bits per heavy atom. The van der Waals surface area contributed by atoms with Gasteiger partial charge in [0, 0.05) is 31.7 Å². The van der Waals surface area contributed by atoms with Crippen LogP contribution in [-0.2, 0) is 0 Å². The number of rotatable bonds is 2. The molecule has 3 aliphatic rings. The van der Waals surface area contributed by atoms with Gasteiger partial charge in [0.2, 0.25) is 0 Å². The van der Waals surface area contributed by atoms with E-state index in [4.69, 9.17) is 0 Å². The molecule has 2 heteroatoms. The topological polar surface area (TPSA) is 15.3 Å². The van der Waals surface area contributed by atoms with Crippen LogP contribution in [0.5, 0.6) is 0 Å². The first kappa shape index (κ1) is 8.01. The molecule has 2 aliphatic heterocycles. The van der Waals surface area contributed by atoms with Gasteiger partial charge in [0.05, 0.1) is 0 Å². The van der Waals surface area contributed by atoms with E-state index < -0.39 is 0 Å². The Morgan fingerprint density at radius 3 is 2.77 bits per heavy atom. The van der Waals surface area contributed by atoms with Crippen LogP contribution in [-0.4, -0.2) is 36.6 Å². The zero-order valence-electron chi connectivity index (χ0n) is 8.08. The van der Waals surface area contributed by atoms with Crippen molar-refractivity contribution in [1.82, 2.24) is 10.2 Å². The minimum atomic E-state index is 0.819. The summed E-state index contributed by atoms with van der Waals surface area (Å²) in [5, 5.41) is 3.55. The number of nitrogens with one attached hydrogen (secondary N) is 1. The zero-order valence-corrected chi connectivity index (χ0v) is 8.08. The summed E-state index contributed by atoms with van der Waals surface area (Å²) < 4.78 is 0. The molecule has 3 rings (SSSR count). The largest absolute Gasteiger partial charge is 0.311 e. The lowest BCUT2D eigenvalue weighted by atomic mass is 10.1. The maximum Gasteiger partial charge on any atom is 0.0236 e. The van der Waals surface area contributed by atoms with Crippen molar-refractivity contribution < 1.29 is 0 Å². The van der Waals surface area contributed by atoms with Gasteiger partial charge in [0.15, 0.2) is 0 Å². The maximum absolute atomic E-state index is 3.55. The van der Waals surface area contributed by atoms with Crippen LogP contribution >= 0.6 is 0 Å². The summed E-state index contributed by atoms with van der Waals surface area (Å²) in [6, 6.07) is 1.69. The van der Waals surface area contributed by atoms with Crippen molar-refractivity contribution in [2.24, 2.45) is 5.92 Å². The second-order valence-corrected chi connectivity index (χ2v) is 4.76. The predicted octanol–water partition coefficient (Wildman–Crippen LogP) is 0.999. The molecule has 0 amide bonds. The van der Waals surface area contributed by atoms with Crippen LogP contribution in [0.3, 0.4) is 0 Å².